The van der Waals surface area contributed by atoms with Crippen LogP contribution in [-0.2, 0) is 57.0 Å². The van der Waals surface area contributed by atoms with Gasteiger partial charge in [-0.15, -0.1) is 0 Å². The molecule has 6 aliphatic heterocycles. The van der Waals surface area contributed by atoms with Crippen molar-refractivity contribution in [2.24, 2.45) is 34.4 Å². The van der Waals surface area contributed by atoms with E-state index in [0.29, 0.717) is 12.2 Å². The van der Waals surface area contributed by atoms with Gasteiger partial charge in [-0.25, -0.2) is 0 Å². The topological polar surface area (TPSA) is 606 Å². The van der Waals surface area contributed by atoms with Gasteiger partial charge in [-0.05, 0) is 12.2 Å². The molecule has 0 aromatic carbocycles. The van der Waals surface area contributed by atoms with Crippen LogP contribution in [0, 0.1) is 0 Å². The molecule has 34 heteroatoms. The minimum atomic E-state index is -2.99. The molecule has 0 aromatic heterocycles. The van der Waals surface area contributed by atoms with Crippen LogP contribution in [0.2, 0.25) is 0 Å². The van der Waals surface area contributed by atoms with E-state index in [1.54, 1.807) is 0 Å². The molecule has 74 heavy (non-hydrogen) atoms. The predicted molar refractivity (Wildman–Crippen MR) is 231 cm³/mol. The number of ether oxygens (including phenoxy) is 10. The van der Waals surface area contributed by atoms with Crippen molar-refractivity contribution in [3.8, 4) is 0 Å². The summed E-state index contributed by atoms with van der Waals surface area (Å²) in [4.78, 5) is 28.0. The zero-order valence-electron chi connectivity index (χ0n) is 39.1. The number of hydrogen-bond donors (Lipinski definition) is 22. The fourth-order valence-electron chi connectivity index (χ4n) is 9.42. The monoisotopic (exact) mass is 1080 g/mol. The van der Waals surface area contributed by atoms with Gasteiger partial charge in [0, 0.05) is 0 Å². The Bertz CT molecular complexity index is 1760. The summed E-state index contributed by atoms with van der Waals surface area (Å²) in [6.07, 6.45) is -39.5. The van der Waals surface area contributed by atoms with Gasteiger partial charge in [-0.2, -0.15) is 0 Å². The third kappa shape index (κ3) is 11.3. The van der Waals surface area contributed by atoms with Gasteiger partial charge < -0.3 is 163 Å². The molecule has 428 valence electrons. The maximum atomic E-state index is 14.0. The third-order valence-electron chi connectivity index (χ3n) is 14.2. The van der Waals surface area contributed by atoms with Crippen LogP contribution in [-0.4, -0.2) is 316 Å². The van der Waals surface area contributed by atoms with E-state index in [0.717, 1.165) is 0 Å². The molecule has 6 saturated heterocycles. The van der Waals surface area contributed by atoms with E-state index in [1.807, 2.05) is 0 Å². The van der Waals surface area contributed by atoms with E-state index >= 15 is 0 Å². The fourth-order valence-corrected chi connectivity index (χ4v) is 9.42. The van der Waals surface area contributed by atoms with Crippen molar-refractivity contribution in [1.82, 2.24) is 0 Å². The molecular weight excluding hydrogens is 1010 g/mol. The highest BCUT2D eigenvalue weighted by Gasteiger charge is 2.61. The van der Waals surface area contributed by atoms with E-state index in [1.165, 1.54) is 0 Å². The summed E-state index contributed by atoms with van der Waals surface area (Å²) in [5.41, 5.74) is 30.2. The normalized spacial score (nSPS) is 51.5. The number of aliphatic hydroxyl groups excluding tert-OH is 16. The zero-order valence-corrected chi connectivity index (χ0v) is 39.1. The van der Waals surface area contributed by atoms with E-state index in [-0.39, 0.29) is 0 Å². The molecule has 0 radical (unpaired) electrons. The van der Waals surface area contributed by atoms with E-state index in [2.05, 4.69) is 0 Å². The van der Waals surface area contributed by atoms with Gasteiger partial charge in [0.1, 0.15) is 97.7 Å². The van der Waals surface area contributed by atoms with Crippen molar-refractivity contribution in [1.29, 1.82) is 0 Å². The van der Waals surface area contributed by atoms with Gasteiger partial charge in [0.25, 0.3) is 0 Å². The second-order valence-electron chi connectivity index (χ2n) is 18.8. The van der Waals surface area contributed by atoms with Crippen molar-refractivity contribution in [3.05, 3.63) is 12.2 Å². The summed E-state index contributed by atoms with van der Waals surface area (Å²) in [5, 5.41) is 170. The number of rotatable bonds is 18. The average Bonchev–Trinajstić information content (AvgIpc) is 3.39. The lowest BCUT2D eigenvalue weighted by Crippen LogP contribution is -2.73. The van der Waals surface area contributed by atoms with Crippen LogP contribution < -0.4 is 34.4 Å². The molecule has 6 heterocycles. The zero-order chi connectivity index (χ0) is 55.0. The first kappa shape index (κ1) is 61.0. The Morgan fingerprint density at radius 3 is 0.932 bits per heavy atom. The number of carbonyl (C=O) groups excluding carboxylic acids is 2. The molecule has 0 spiro atoms. The minimum Gasteiger partial charge on any atom is -0.394 e. The highest BCUT2D eigenvalue weighted by molar-refractivity contribution is 6.06. The first-order valence-corrected chi connectivity index (χ1v) is 23.2. The van der Waals surface area contributed by atoms with Gasteiger partial charge in [0.15, 0.2) is 60.5 Å². The second kappa shape index (κ2) is 24.9. The summed E-state index contributed by atoms with van der Waals surface area (Å²) >= 11 is 0. The van der Waals surface area contributed by atoms with Crippen molar-refractivity contribution in [2.45, 2.75) is 183 Å². The van der Waals surface area contributed by atoms with E-state index < -0.39 is 234 Å². The quantitative estimate of drug-likeness (QED) is 0.0567. The molecule has 0 aromatic rings. The Kier molecular flexibility index (Phi) is 20.5. The van der Waals surface area contributed by atoms with E-state index in [9.17, 15) is 91.3 Å². The summed E-state index contributed by atoms with van der Waals surface area (Å²) in [7, 11) is 0. The lowest BCUT2D eigenvalue weighted by molar-refractivity contribution is -0.355. The number of carbonyl (C=O) groups is 2. The number of aliphatic hydroxyl groups is 16. The number of hydrogen-bond acceptors (Lipinski definition) is 34. The lowest BCUT2D eigenvalue weighted by atomic mass is 9.81. The molecule has 30 atom stereocenters. The third-order valence-corrected chi connectivity index (χ3v) is 14.2. The molecular formula is C40H70N6O28. The Hall–Kier alpha value is -2.20. The molecule has 0 aliphatic carbocycles. The Morgan fingerprint density at radius 1 is 0.392 bits per heavy atom. The molecule has 0 amide bonds. The number of nitrogens with two attached hydrogens (primary N) is 6. The van der Waals surface area contributed by atoms with Crippen LogP contribution >= 0.6 is 0 Å². The average molecular weight is 1080 g/mol. The van der Waals surface area contributed by atoms with Crippen molar-refractivity contribution >= 4 is 11.6 Å². The van der Waals surface area contributed by atoms with Crippen LogP contribution in [0.15, 0.2) is 12.2 Å². The van der Waals surface area contributed by atoms with Gasteiger partial charge in [0.05, 0.1) is 75.9 Å². The van der Waals surface area contributed by atoms with Crippen molar-refractivity contribution in [3.63, 3.8) is 0 Å². The SMILES string of the molecule is N[C@H]1[C@@H](OC2[C@@H](CO)O[C@@H](OC3[C@@H](CO)O[C@@H](O)[C@H](N)[C@H]3O)[C@H](N)[C@H]2O)O[C@@](CO)(C(=O)/C=C\C(=O)[C@]2(CO)O[C@H](OC3[C@@H](CO)O[C@@H](OC4[C@@H](CO)O[C@@H](O)[C@H](N)[C@H]4O)[C@H](N)[C@H]3O)[C@H](N)[C@@H](O)[C@@H]2O)[C@@H](O)[C@@H]1O. The highest BCUT2D eigenvalue weighted by atomic mass is 16.8. The molecule has 0 saturated carbocycles. The smallest absolute Gasteiger partial charge is 0.192 e. The molecule has 4 unspecified atom stereocenters. The van der Waals surface area contributed by atoms with Crippen LogP contribution in [0.5, 0.6) is 0 Å². The van der Waals surface area contributed by atoms with Gasteiger partial charge in [0.2, 0.25) is 0 Å². The summed E-state index contributed by atoms with van der Waals surface area (Å²) in [6.45, 7) is -6.56. The van der Waals surface area contributed by atoms with Crippen molar-refractivity contribution < 1.29 is 139 Å². The maximum Gasteiger partial charge on any atom is 0.192 e. The molecule has 34 nitrogen and oxygen atoms in total. The maximum absolute atomic E-state index is 14.0. The summed E-state index contributed by atoms with van der Waals surface area (Å²) < 4.78 is 56.1. The Morgan fingerprint density at radius 2 is 0.649 bits per heavy atom. The second-order valence-corrected chi connectivity index (χ2v) is 18.8. The first-order chi connectivity index (χ1) is 34.8. The molecule has 6 aliphatic rings. The minimum absolute atomic E-state index is 0.344. The van der Waals surface area contributed by atoms with Gasteiger partial charge in [-0.3, -0.25) is 9.59 Å². The molecule has 0 bridgehead atoms. The standard InChI is InChI=1S/C40H70N6O28/c41-15-21(55)27(9(3-47)65-33(15)63)69-35-17(43)23(57)29(11(5-49)67-35)71-37-19(45)25(59)31(61)39(7-51,73-37)13(53)1-2-14(54)40(8-52)32(62)26(60)20(46)38(74-40)72-30-12(6-50)68-36(18(44)24(30)58)70-28-10(4-48)66-34(64)16(42)22(28)56/h1-2,9-12,15-38,47-52,55-64H,3-8,41-46H2/b2-1-/t9-,10-,11-,12-,15-,16-,17-,18-,19-,20-,21-,22-,23-,24-,25-,26-,27?,28?,29?,30?,31+,32+,33-,34-,35+,36+,37+,38+,39+,40+/m1/s1. The van der Waals surface area contributed by atoms with Crippen LogP contribution in [0.3, 0.4) is 0 Å². The fraction of sp³-hybridized carbons (Fsp3) is 0.900. The Labute approximate surface area is 418 Å². The van der Waals surface area contributed by atoms with E-state index in [4.69, 9.17) is 81.8 Å². The molecule has 6 rings (SSSR count). The first-order valence-electron chi connectivity index (χ1n) is 23.2. The van der Waals surface area contributed by atoms with Gasteiger partial charge >= 0.3 is 0 Å². The molecule has 28 N–H and O–H groups in total. The lowest BCUT2D eigenvalue weighted by Gasteiger charge is -2.50. The van der Waals surface area contributed by atoms with Crippen LogP contribution in [0.4, 0.5) is 0 Å². The van der Waals surface area contributed by atoms with Gasteiger partial charge in [-0.1, -0.05) is 0 Å². The summed E-state index contributed by atoms with van der Waals surface area (Å²) in [5.74, 6) is -3.06. The largest absolute Gasteiger partial charge is 0.394 e. The Balaban J connectivity index is 1.17. The number of ketones is 2. The predicted octanol–water partition coefficient (Wildman–Crippen LogP) is -15.9. The molecule has 6 fully saturated rings. The van der Waals surface area contributed by atoms with Crippen molar-refractivity contribution in [2.75, 3.05) is 39.6 Å². The highest BCUT2D eigenvalue weighted by Crippen LogP contribution is 2.38. The summed E-state index contributed by atoms with van der Waals surface area (Å²) in [6, 6.07) is -9.80. The van der Waals surface area contributed by atoms with Crippen LogP contribution in [0.1, 0.15) is 0 Å². The van der Waals surface area contributed by atoms with Crippen LogP contribution in [0.25, 0.3) is 0 Å².